The molecule has 10 heteroatoms. The van der Waals surface area contributed by atoms with Crippen LogP contribution in [0, 0.1) is 14.9 Å². The summed E-state index contributed by atoms with van der Waals surface area (Å²) in [6.07, 6.45) is 1.26. The molecule has 0 bridgehead atoms. The molecule has 28 heavy (non-hydrogen) atoms. The SMILES string of the molecule is CC(=O)/C(=C\n1c(=S)[nH]c2ccc([N+](=O)[O-])cc21)C(=O)Nc1ccc(Cl)cc1. The van der Waals surface area contributed by atoms with Crippen molar-refractivity contribution in [3.05, 3.63) is 67.9 Å². The number of aromatic amines is 1. The number of rotatable bonds is 5. The number of anilines is 1. The van der Waals surface area contributed by atoms with Gasteiger partial charge in [0.25, 0.3) is 11.6 Å². The number of amides is 1. The van der Waals surface area contributed by atoms with E-state index in [0.717, 1.165) is 0 Å². The number of halogens is 1. The Balaban J connectivity index is 2.05. The summed E-state index contributed by atoms with van der Waals surface area (Å²) < 4.78 is 1.55. The maximum Gasteiger partial charge on any atom is 0.271 e. The van der Waals surface area contributed by atoms with Crippen LogP contribution in [0.1, 0.15) is 6.92 Å². The summed E-state index contributed by atoms with van der Waals surface area (Å²) in [5, 5.41) is 14.2. The van der Waals surface area contributed by atoms with Gasteiger partial charge in [0.05, 0.1) is 21.5 Å². The molecule has 0 atom stereocenters. The van der Waals surface area contributed by atoms with Crippen molar-refractivity contribution in [2.24, 2.45) is 0 Å². The molecule has 0 aliphatic rings. The maximum atomic E-state index is 12.6. The van der Waals surface area contributed by atoms with Gasteiger partial charge in [-0.3, -0.25) is 24.3 Å². The van der Waals surface area contributed by atoms with Gasteiger partial charge in [-0.2, -0.15) is 0 Å². The number of non-ortho nitro benzene ring substituents is 1. The Morgan fingerprint density at radius 3 is 2.54 bits per heavy atom. The fourth-order valence-corrected chi connectivity index (χ4v) is 2.91. The molecule has 0 aliphatic carbocycles. The minimum Gasteiger partial charge on any atom is -0.330 e. The highest BCUT2D eigenvalue weighted by molar-refractivity contribution is 7.71. The van der Waals surface area contributed by atoms with E-state index in [1.165, 1.54) is 35.9 Å². The maximum absolute atomic E-state index is 12.6. The number of imidazole rings is 1. The number of ketones is 1. The third-order valence-corrected chi connectivity index (χ3v) is 4.45. The van der Waals surface area contributed by atoms with Crippen LogP contribution in [-0.2, 0) is 9.59 Å². The number of nitrogens with one attached hydrogen (secondary N) is 2. The largest absolute Gasteiger partial charge is 0.330 e. The average Bonchev–Trinajstić information content (AvgIpc) is 2.95. The number of nitro groups is 1. The zero-order chi connectivity index (χ0) is 20.4. The van der Waals surface area contributed by atoms with Gasteiger partial charge in [-0.05, 0) is 49.5 Å². The van der Waals surface area contributed by atoms with E-state index in [1.54, 1.807) is 24.3 Å². The lowest BCUT2D eigenvalue weighted by atomic mass is 10.2. The summed E-state index contributed by atoms with van der Waals surface area (Å²) >= 11 is 11.1. The summed E-state index contributed by atoms with van der Waals surface area (Å²) in [6.45, 7) is 1.24. The van der Waals surface area contributed by atoms with E-state index in [0.29, 0.717) is 21.7 Å². The fourth-order valence-electron chi connectivity index (χ4n) is 2.52. The molecule has 1 amide bonds. The minimum absolute atomic E-state index is 0.140. The first-order valence-electron chi connectivity index (χ1n) is 7.94. The first-order valence-corrected chi connectivity index (χ1v) is 8.73. The van der Waals surface area contributed by atoms with E-state index >= 15 is 0 Å². The first-order chi connectivity index (χ1) is 13.3. The molecule has 2 aromatic carbocycles. The van der Waals surface area contributed by atoms with Crippen LogP contribution in [0.5, 0.6) is 0 Å². The van der Waals surface area contributed by atoms with Crippen molar-refractivity contribution in [2.75, 3.05) is 5.32 Å². The molecule has 1 aromatic heterocycles. The topological polar surface area (TPSA) is 110 Å². The Labute approximate surface area is 168 Å². The molecule has 0 saturated carbocycles. The summed E-state index contributed by atoms with van der Waals surface area (Å²) in [5.41, 5.74) is 1.06. The van der Waals surface area contributed by atoms with Gasteiger partial charge in [0, 0.05) is 29.0 Å². The zero-order valence-corrected chi connectivity index (χ0v) is 16.0. The summed E-state index contributed by atoms with van der Waals surface area (Å²) in [7, 11) is 0. The molecule has 0 radical (unpaired) electrons. The Kier molecular flexibility index (Phi) is 5.39. The van der Waals surface area contributed by atoms with Crippen LogP contribution in [0.3, 0.4) is 0 Å². The Morgan fingerprint density at radius 2 is 1.93 bits per heavy atom. The lowest BCUT2D eigenvalue weighted by Crippen LogP contribution is -2.19. The van der Waals surface area contributed by atoms with Crippen molar-refractivity contribution in [1.82, 2.24) is 9.55 Å². The molecule has 142 valence electrons. The molecular weight excluding hydrogens is 404 g/mol. The predicted octanol–water partition coefficient (Wildman–Crippen LogP) is 4.33. The van der Waals surface area contributed by atoms with Crippen molar-refractivity contribution in [1.29, 1.82) is 0 Å². The molecule has 2 N–H and O–H groups in total. The van der Waals surface area contributed by atoms with Crippen molar-refractivity contribution in [3.63, 3.8) is 0 Å². The number of fused-ring (bicyclic) bond motifs is 1. The van der Waals surface area contributed by atoms with Gasteiger partial charge in [-0.25, -0.2) is 0 Å². The van der Waals surface area contributed by atoms with Gasteiger partial charge >= 0.3 is 0 Å². The fraction of sp³-hybridized carbons (Fsp3) is 0.0556. The van der Waals surface area contributed by atoms with Gasteiger partial charge in [0.15, 0.2) is 10.6 Å². The number of Topliss-reactive ketones (excluding diaryl/α,β-unsaturated/α-hetero) is 1. The van der Waals surface area contributed by atoms with Crippen molar-refractivity contribution in [2.45, 2.75) is 6.92 Å². The van der Waals surface area contributed by atoms with E-state index in [2.05, 4.69) is 10.3 Å². The second-order valence-corrected chi connectivity index (χ2v) is 6.64. The van der Waals surface area contributed by atoms with Crippen LogP contribution >= 0.6 is 23.8 Å². The van der Waals surface area contributed by atoms with Gasteiger partial charge < -0.3 is 10.3 Å². The number of aromatic nitrogens is 2. The van der Waals surface area contributed by atoms with E-state index in [9.17, 15) is 19.7 Å². The third-order valence-electron chi connectivity index (χ3n) is 3.90. The molecule has 8 nitrogen and oxygen atoms in total. The number of carbonyl (C=O) groups excluding carboxylic acids is 2. The first kappa shape index (κ1) is 19.5. The lowest BCUT2D eigenvalue weighted by Gasteiger charge is -2.07. The molecule has 0 spiro atoms. The highest BCUT2D eigenvalue weighted by Gasteiger charge is 2.17. The summed E-state index contributed by atoms with van der Waals surface area (Å²) in [4.78, 5) is 38.0. The molecule has 0 aliphatic heterocycles. The zero-order valence-electron chi connectivity index (χ0n) is 14.4. The quantitative estimate of drug-likeness (QED) is 0.161. The third kappa shape index (κ3) is 4.00. The molecular formula is C18H13ClN4O4S. The highest BCUT2D eigenvalue weighted by atomic mass is 35.5. The van der Waals surface area contributed by atoms with Crippen LogP contribution < -0.4 is 5.32 Å². The number of hydrogen-bond acceptors (Lipinski definition) is 5. The molecule has 0 unspecified atom stereocenters. The number of nitrogens with zero attached hydrogens (tertiary/aromatic N) is 2. The summed E-state index contributed by atoms with van der Waals surface area (Å²) in [6, 6.07) is 10.5. The van der Waals surface area contributed by atoms with Crippen LogP contribution in [0.2, 0.25) is 5.02 Å². The molecule has 0 fully saturated rings. The van der Waals surface area contributed by atoms with Crippen molar-refractivity contribution >= 4 is 64.1 Å². The van der Waals surface area contributed by atoms with Gasteiger partial charge in [0.2, 0.25) is 0 Å². The van der Waals surface area contributed by atoms with Crippen molar-refractivity contribution < 1.29 is 14.5 Å². The second-order valence-electron chi connectivity index (χ2n) is 5.82. The predicted molar refractivity (Wildman–Crippen MR) is 109 cm³/mol. The van der Waals surface area contributed by atoms with Crippen LogP contribution in [0.4, 0.5) is 11.4 Å². The summed E-state index contributed by atoms with van der Waals surface area (Å²) in [5.74, 6) is -1.13. The number of hydrogen-bond donors (Lipinski definition) is 2. The smallest absolute Gasteiger partial charge is 0.271 e. The van der Waals surface area contributed by atoms with Crippen LogP contribution in [0.25, 0.3) is 17.2 Å². The monoisotopic (exact) mass is 416 g/mol. The Bertz CT molecular complexity index is 1190. The second kappa shape index (κ2) is 7.75. The Hall–Kier alpha value is -3.30. The highest BCUT2D eigenvalue weighted by Crippen LogP contribution is 2.22. The number of H-pyrrole nitrogens is 1. The van der Waals surface area contributed by atoms with Crippen LogP contribution in [-0.4, -0.2) is 26.2 Å². The molecule has 3 rings (SSSR count). The van der Waals surface area contributed by atoms with E-state index in [-0.39, 0.29) is 16.0 Å². The number of nitro benzene ring substituents is 1. The van der Waals surface area contributed by atoms with E-state index in [4.69, 9.17) is 23.8 Å². The average molecular weight is 417 g/mol. The normalized spacial score (nSPS) is 11.4. The molecule has 3 aromatic rings. The molecule has 1 heterocycles. The molecule has 0 saturated heterocycles. The van der Waals surface area contributed by atoms with Gasteiger partial charge in [0.1, 0.15) is 0 Å². The van der Waals surface area contributed by atoms with E-state index < -0.39 is 16.6 Å². The number of carbonyl (C=O) groups is 2. The van der Waals surface area contributed by atoms with Crippen LogP contribution in [0.15, 0.2) is 48.0 Å². The number of benzene rings is 2. The van der Waals surface area contributed by atoms with E-state index in [1.807, 2.05) is 0 Å². The Morgan fingerprint density at radius 1 is 1.25 bits per heavy atom. The standard InChI is InChI=1S/C18H13ClN4O4S/c1-10(24)14(17(25)20-12-4-2-11(19)3-5-12)9-22-16-8-13(23(26)27)6-7-15(16)21-18(22)28/h2-9H,1H3,(H,20,25)(H,21,28)/b14-9+. The van der Waals surface area contributed by atoms with Gasteiger partial charge in [-0.1, -0.05) is 11.6 Å². The minimum atomic E-state index is -0.642. The van der Waals surface area contributed by atoms with Crippen molar-refractivity contribution in [3.8, 4) is 0 Å². The lowest BCUT2D eigenvalue weighted by molar-refractivity contribution is -0.384. The van der Waals surface area contributed by atoms with Gasteiger partial charge in [-0.15, -0.1) is 0 Å².